The van der Waals surface area contributed by atoms with Crippen LogP contribution in [0.3, 0.4) is 0 Å². The fourth-order valence-electron chi connectivity index (χ4n) is 3.01. The summed E-state index contributed by atoms with van der Waals surface area (Å²) in [6.45, 7) is 4.11. The van der Waals surface area contributed by atoms with Crippen molar-refractivity contribution in [1.82, 2.24) is 14.9 Å². The van der Waals surface area contributed by atoms with Crippen LogP contribution >= 0.6 is 11.6 Å². The van der Waals surface area contributed by atoms with Gasteiger partial charge in [0.25, 0.3) is 5.56 Å². The summed E-state index contributed by atoms with van der Waals surface area (Å²) in [5.41, 5.74) is 4.29. The highest BCUT2D eigenvalue weighted by molar-refractivity contribution is 6.30. The number of hydrogen-bond acceptors (Lipinski definition) is 4. The van der Waals surface area contributed by atoms with E-state index in [1.807, 2.05) is 43.3 Å². The summed E-state index contributed by atoms with van der Waals surface area (Å²) >= 11 is 5.95. The minimum Gasteiger partial charge on any atom is -0.353 e. The number of nitrogens with zero attached hydrogens (tertiary/aromatic N) is 3. The second-order valence-corrected chi connectivity index (χ2v) is 6.66. The highest BCUT2D eigenvalue weighted by atomic mass is 35.5. The summed E-state index contributed by atoms with van der Waals surface area (Å²) in [4.78, 5) is 12.9. The van der Waals surface area contributed by atoms with E-state index in [4.69, 9.17) is 16.1 Å². The van der Waals surface area contributed by atoms with Crippen molar-refractivity contribution in [3.63, 3.8) is 0 Å². The van der Waals surface area contributed by atoms with Crippen LogP contribution in [0.25, 0.3) is 22.2 Å². The standard InChI is InChI=1S/C20H16ClN3O2/c1-12-5-3-4-6-16(12)18-19-17(13(2)23-26-19)20(25)24(22-18)11-14-7-9-15(21)10-8-14/h3-10H,11H2,1-2H3. The van der Waals surface area contributed by atoms with Crippen molar-refractivity contribution in [1.29, 1.82) is 0 Å². The lowest BCUT2D eigenvalue weighted by molar-refractivity contribution is 0.449. The first-order valence-corrected chi connectivity index (χ1v) is 8.60. The van der Waals surface area contributed by atoms with Crippen molar-refractivity contribution in [3.8, 4) is 11.3 Å². The number of rotatable bonds is 3. The van der Waals surface area contributed by atoms with Crippen LogP contribution in [0.5, 0.6) is 0 Å². The first-order valence-electron chi connectivity index (χ1n) is 8.22. The Morgan fingerprint density at radius 2 is 1.81 bits per heavy atom. The minimum absolute atomic E-state index is 0.217. The Labute approximate surface area is 154 Å². The maximum Gasteiger partial charge on any atom is 0.280 e. The van der Waals surface area contributed by atoms with Gasteiger partial charge in [-0.15, -0.1) is 0 Å². The molecule has 130 valence electrons. The Kier molecular flexibility index (Phi) is 4.09. The van der Waals surface area contributed by atoms with Gasteiger partial charge in [-0.05, 0) is 37.1 Å². The molecule has 0 N–H and O–H groups in total. The molecule has 0 aliphatic carbocycles. The van der Waals surface area contributed by atoms with Gasteiger partial charge in [-0.3, -0.25) is 4.79 Å². The van der Waals surface area contributed by atoms with Crippen molar-refractivity contribution in [3.05, 3.63) is 80.7 Å². The number of benzene rings is 2. The number of fused-ring (bicyclic) bond motifs is 1. The molecule has 6 heteroatoms. The lowest BCUT2D eigenvalue weighted by Crippen LogP contribution is -2.24. The van der Waals surface area contributed by atoms with Gasteiger partial charge >= 0.3 is 0 Å². The van der Waals surface area contributed by atoms with E-state index in [0.29, 0.717) is 33.9 Å². The molecule has 0 aliphatic rings. The summed E-state index contributed by atoms with van der Waals surface area (Å²) in [5.74, 6) is 0. The summed E-state index contributed by atoms with van der Waals surface area (Å²) in [5, 5.41) is 9.70. The molecule has 0 radical (unpaired) electrons. The lowest BCUT2D eigenvalue weighted by Gasteiger charge is -2.10. The molecule has 4 rings (SSSR count). The molecule has 0 saturated heterocycles. The molecular formula is C20H16ClN3O2. The average Bonchev–Trinajstić information content (AvgIpc) is 3.02. The molecule has 0 unspecified atom stereocenters. The summed E-state index contributed by atoms with van der Waals surface area (Å²) in [7, 11) is 0. The molecule has 2 aromatic heterocycles. The van der Waals surface area contributed by atoms with E-state index in [1.54, 1.807) is 19.1 Å². The van der Waals surface area contributed by atoms with Gasteiger partial charge in [-0.25, -0.2) is 4.68 Å². The Bertz CT molecular complexity index is 1160. The topological polar surface area (TPSA) is 60.9 Å². The maximum atomic E-state index is 12.9. The Morgan fingerprint density at radius 3 is 2.54 bits per heavy atom. The third kappa shape index (κ3) is 2.80. The Morgan fingerprint density at radius 1 is 1.08 bits per heavy atom. The van der Waals surface area contributed by atoms with E-state index in [0.717, 1.165) is 16.7 Å². The zero-order chi connectivity index (χ0) is 18.3. The van der Waals surface area contributed by atoms with Crippen molar-refractivity contribution in [2.75, 3.05) is 0 Å². The van der Waals surface area contributed by atoms with Gasteiger partial charge in [0.05, 0.1) is 12.2 Å². The first-order chi connectivity index (χ1) is 12.5. The first kappa shape index (κ1) is 16.5. The van der Waals surface area contributed by atoms with Gasteiger partial charge in [-0.2, -0.15) is 5.10 Å². The fraction of sp³-hybridized carbons (Fsp3) is 0.150. The van der Waals surface area contributed by atoms with Gasteiger partial charge in [0, 0.05) is 10.6 Å². The maximum absolute atomic E-state index is 12.9. The van der Waals surface area contributed by atoms with Crippen LogP contribution in [0.4, 0.5) is 0 Å². The van der Waals surface area contributed by atoms with Crippen LogP contribution in [-0.2, 0) is 6.54 Å². The second-order valence-electron chi connectivity index (χ2n) is 6.22. The zero-order valence-electron chi connectivity index (χ0n) is 14.4. The molecule has 26 heavy (non-hydrogen) atoms. The van der Waals surface area contributed by atoms with Gasteiger partial charge in [-0.1, -0.05) is 53.2 Å². The molecule has 2 aromatic carbocycles. The third-order valence-electron chi connectivity index (χ3n) is 4.39. The van der Waals surface area contributed by atoms with E-state index < -0.39 is 0 Å². The number of halogens is 1. The molecule has 0 spiro atoms. The van der Waals surface area contributed by atoms with Crippen LogP contribution in [0, 0.1) is 13.8 Å². The van der Waals surface area contributed by atoms with E-state index in [2.05, 4.69) is 10.3 Å². The van der Waals surface area contributed by atoms with Gasteiger partial charge in [0.15, 0.2) is 0 Å². The van der Waals surface area contributed by atoms with Crippen molar-refractivity contribution >= 4 is 22.6 Å². The highest BCUT2D eigenvalue weighted by Gasteiger charge is 2.20. The summed E-state index contributed by atoms with van der Waals surface area (Å²) in [6, 6.07) is 15.2. The fourth-order valence-corrected chi connectivity index (χ4v) is 3.13. The van der Waals surface area contributed by atoms with Gasteiger partial charge in [0.1, 0.15) is 11.1 Å². The number of aryl methyl sites for hydroxylation is 2. The zero-order valence-corrected chi connectivity index (χ0v) is 15.1. The molecule has 2 heterocycles. The SMILES string of the molecule is Cc1ccccc1-c1nn(Cc2ccc(Cl)cc2)c(=O)c2c(C)noc12. The minimum atomic E-state index is -0.217. The van der Waals surface area contributed by atoms with Crippen molar-refractivity contribution in [2.45, 2.75) is 20.4 Å². The predicted molar refractivity (Wildman–Crippen MR) is 102 cm³/mol. The number of hydrogen-bond donors (Lipinski definition) is 0. The second kappa shape index (κ2) is 6.42. The number of aromatic nitrogens is 3. The van der Waals surface area contributed by atoms with Crippen molar-refractivity contribution < 1.29 is 4.52 Å². The molecule has 0 atom stereocenters. The van der Waals surface area contributed by atoms with Crippen LogP contribution in [0.15, 0.2) is 57.8 Å². The van der Waals surface area contributed by atoms with Crippen LogP contribution in [0.2, 0.25) is 5.02 Å². The quantitative estimate of drug-likeness (QED) is 0.541. The molecule has 4 aromatic rings. The van der Waals surface area contributed by atoms with E-state index >= 15 is 0 Å². The molecule has 5 nitrogen and oxygen atoms in total. The monoisotopic (exact) mass is 365 g/mol. The molecule has 0 saturated carbocycles. The van der Waals surface area contributed by atoms with E-state index in [1.165, 1.54) is 4.68 Å². The van der Waals surface area contributed by atoms with E-state index in [-0.39, 0.29) is 5.56 Å². The normalized spacial score (nSPS) is 11.2. The summed E-state index contributed by atoms with van der Waals surface area (Å²) in [6.07, 6.45) is 0. The predicted octanol–water partition coefficient (Wildman–Crippen LogP) is 4.37. The lowest BCUT2D eigenvalue weighted by atomic mass is 10.0. The largest absolute Gasteiger partial charge is 0.353 e. The molecule has 0 fully saturated rings. The van der Waals surface area contributed by atoms with Gasteiger partial charge < -0.3 is 4.52 Å². The average molecular weight is 366 g/mol. The molecule has 0 amide bonds. The third-order valence-corrected chi connectivity index (χ3v) is 4.64. The highest BCUT2D eigenvalue weighted by Crippen LogP contribution is 2.28. The van der Waals surface area contributed by atoms with Crippen molar-refractivity contribution in [2.24, 2.45) is 0 Å². The van der Waals surface area contributed by atoms with Gasteiger partial charge in [0.2, 0.25) is 5.58 Å². The van der Waals surface area contributed by atoms with E-state index in [9.17, 15) is 4.79 Å². The molecule has 0 bridgehead atoms. The molecular weight excluding hydrogens is 350 g/mol. The van der Waals surface area contributed by atoms with Crippen LogP contribution in [-0.4, -0.2) is 14.9 Å². The van der Waals surface area contributed by atoms with Crippen LogP contribution < -0.4 is 5.56 Å². The Balaban J connectivity index is 1.95. The Hall–Kier alpha value is -2.92. The molecule has 0 aliphatic heterocycles. The summed E-state index contributed by atoms with van der Waals surface area (Å²) < 4.78 is 6.90. The van der Waals surface area contributed by atoms with Crippen LogP contribution in [0.1, 0.15) is 16.8 Å². The smallest absolute Gasteiger partial charge is 0.280 e.